The number of rotatable bonds is 2. The van der Waals surface area contributed by atoms with Crippen molar-refractivity contribution in [2.45, 2.75) is 52.1 Å². The van der Waals surface area contributed by atoms with Gasteiger partial charge in [0.2, 0.25) is 0 Å². The molecule has 0 aromatic rings. The first-order valence-electron chi connectivity index (χ1n) is 7.04. The summed E-state index contributed by atoms with van der Waals surface area (Å²) in [5.41, 5.74) is 3.20. The van der Waals surface area contributed by atoms with E-state index in [0.29, 0.717) is 5.57 Å². The van der Waals surface area contributed by atoms with Crippen LogP contribution in [0.25, 0.3) is 0 Å². The van der Waals surface area contributed by atoms with Gasteiger partial charge in [0.05, 0.1) is 13.2 Å². The van der Waals surface area contributed by atoms with E-state index in [4.69, 9.17) is 4.74 Å². The molecule has 0 aromatic carbocycles. The van der Waals surface area contributed by atoms with Crippen molar-refractivity contribution >= 4 is 5.97 Å². The minimum Gasteiger partial charge on any atom is -0.466 e. The average Bonchev–Trinajstić information content (AvgIpc) is 2.41. The monoisotopic (exact) mass is 264 g/mol. The number of allylic oxidation sites excluding steroid dienone is 1. The Kier molecular flexibility index (Phi) is 3.86. The maximum atomic E-state index is 11.6. The second kappa shape index (κ2) is 5.12. The summed E-state index contributed by atoms with van der Waals surface area (Å²) in [4.78, 5) is 11.6. The summed E-state index contributed by atoms with van der Waals surface area (Å²) in [5, 5.41) is 10.3. The SMILES string of the molecule is C=C(C(=O)OC)[C@@H]1CC[C@]2(C)C(=C(C)CC[C@H]2O)C1. The molecule has 0 saturated heterocycles. The number of aliphatic hydroxyl groups excluding tert-OH is 1. The summed E-state index contributed by atoms with van der Waals surface area (Å²) >= 11 is 0. The van der Waals surface area contributed by atoms with Gasteiger partial charge in [-0.05, 0) is 44.9 Å². The highest BCUT2D eigenvalue weighted by Gasteiger charge is 2.44. The standard InChI is InChI=1S/C16H24O3/c1-10-5-6-14(17)16(3)8-7-12(9-13(10)16)11(2)15(18)19-4/h12,14,17H,2,5-9H2,1,3-4H3/t12-,14-,16-/m1/s1. The van der Waals surface area contributed by atoms with E-state index >= 15 is 0 Å². The van der Waals surface area contributed by atoms with Crippen molar-refractivity contribution in [2.24, 2.45) is 11.3 Å². The first kappa shape index (κ1) is 14.3. The minimum absolute atomic E-state index is 0.102. The Morgan fingerprint density at radius 1 is 1.47 bits per heavy atom. The highest BCUT2D eigenvalue weighted by atomic mass is 16.5. The molecule has 3 nitrogen and oxygen atoms in total. The molecule has 0 heterocycles. The summed E-state index contributed by atoms with van der Waals surface area (Å²) < 4.78 is 4.77. The lowest BCUT2D eigenvalue weighted by Gasteiger charge is -2.47. The van der Waals surface area contributed by atoms with Gasteiger partial charge in [-0.15, -0.1) is 0 Å². The molecule has 0 bridgehead atoms. The van der Waals surface area contributed by atoms with Crippen LogP contribution >= 0.6 is 0 Å². The van der Waals surface area contributed by atoms with Gasteiger partial charge in [0, 0.05) is 11.0 Å². The molecule has 106 valence electrons. The first-order chi connectivity index (χ1) is 8.90. The first-order valence-corrected chi connectivity index (χ1v) is 7.04. The van der Waals surface area contributed by atoms with Crippen LogP contribution < -0.4 is 0 Å². The lowest BCUT2D eigenvalue weighted by Crippen LogP contribution is -2.42. The van der Waals surface area contributed by atoms with Gasteiger partial charge in [-0.3, -0.25) is 0 Å². The van der Waals surface area contributed by atoms with Gasteiger partial charge in [-0.25, -0.2) is 4.79 Å². The molecule has 1 fully saturated rings. The molecule has 19 heavy (non-hydrogen) atoms. The van der Waals surface area contributed by atoms with Crippen LogP contribution in [0.3, 0.4) is 0 Å². The van der Waals surface area contributed by atoms with Crippen LogP contribution in [0.4, 0.5) is 0 Å². The van der Waals surface area contributed by atoms with Crippen molar-refractivity contribution in [2.75, 3.05) is 7.11 Å². The Balaban J connectivity index is 2.23. The van der Waals surface area contributed by atoms with E-state index in [9.17, 15) is 9.90 Å². The molecule has 3 heteroatoms. The predicted molar refractivity (Wildman–Crippen MR) is 74.5 cm³/mol. The van der Waals surface area contributed by atoms with Gasteiger partial charge in [0.1, 0.15) is 0 Å². The maximum absolute atomic E-state index is 11.6. The molecule has 0 unspecified atom stereocenters. The maximum Gasteiger partial charge on any atom is 0.333 e. The van der Waals surface area contributed by atoms with Crippen LogP contribution in [-0.4, -0.2) is 24.3 Å². The molecule has 0 amide bonds. The molecule has 0 spiro atoms. The summed E-state index contributed by atoms with van der Waals surface area (Å²) in [6, 6.07) is 0. The number of ether oxygens (including phenoxy) is 1. The van der Waals surface area contributed by atoms with Crippen LogP contribution in [0.2, 0.25) is 0 Å². The van der Waals surface area contributed by atoms with Crippen LogP contribution in [0.15, 0.2) is 23.3 Å². The largest absolute Gasteiger partial charge is 0.466 e. The molecule has 3 atom stereocenters. The summed E-state index contributed by atoms with van der Waals surface area (Å²) in [6.45, 7) is 8.21. The zero-order valence-electron chi connectivity index (χ0n) is 12.2. The van der Waals surface area contributed by atoms with E-state index < -0.39 is 0 Å². The van der Waals surface area contributed by atoms with Crippen molar-refractivity contribution in [3.63, 3.8) is 0 Å². The molecule has 2 aliphatic carbocycles. The number of esters is 1. The Hall–Kier alpha value is -1.09. The number of carbonyl (C=O) groups excluding carboxylic acids is 1. The van der Waals surface area contributed by atoms with Crippen molar-refractivity contribution in [3.8, 4) is 0 Å². The Labute approximate surface area is 115 Å². The van der Waals surface area contributed by atoms with Crippen molar-refractivity contribution in [1.82, 2.24) is 0 Å². The minimum atomic E-state index is -0.303. The van der Waals surface area contributed by atoms with Gasteiger partial charge >= 0.3 is 5.97 Å². The number of hydrogen-bond donors (Lipinski definition) is 1. The van der Waals surface area contributed by atoms with E-state index in [2.05, 4.69) is 20.4 Å². The van der Waals surface area contributed by atoms with E-state index in [1.54, 1.807) is 0 Å². The van der Waals surface area contributed by atoms with Gasteiger partial charge in [-0.2, -0.15) is 0 Å². The number of aliphatic hydroxyl groups is 1. The van der Waals surface area contributed by atoms with Crippen LogP contribution in [0, 0.1) is 11.3 Å². The highest BCUT2D eigenvalue weighted by molar-refractivity contribution is 5.88. The average molecular weight is 264 g/mol. The number of fused-ring (bicyclic) bond motifs is 1. The fourth-order valence-corrected chi connectivity index (χ4v) is 3.65. The van der Waals surface area contributed by atoms with E-state index in [1.165, 1.54) is 18.3 Å². The molecule has 0 radical (unpaired) electrons. The van der Waals surface area contributed by atoms with Crippen molar-refractivity contribution < 1.29 is 14.6 Å². The van der Waals surface area contributed by atoms with Gasteiger partial charge < -0.3 is 9.84 Å². The predicted octanol–water partition coefficient (Wildman–Crippen LogP) is 2.99. The van der Waals surface area contributed by atoms with Gasteiger partial charge in [0.25, 0.3) is 0 Å². The smallest absolute Gasteiger partial charge is 0.333 e. The molecular weight excluding hydrogens is 240 g/mol. The molecule has 0 aliphatic heterocycles. The van der Waals surface area contributed by atoms with Crippen molar-refractivity contribution in [3.05, 3.63) is 23.3 Å². The molecule has 2 rings (SSSR count). The second-order valence-electron chi connectivity index (χ2n) is 6.19. The Morgan fingerprint density at radius 2 is 2.16 bits per heavy atom. The zero-order valence-corrected chi connectivity index (χ0v) is 12.2. The third kappa shape index (κ3) is 2.36. The zero-order chi connectivity index (χ0) is 14.2. The number of methoxy groups -OCH3 is 1. The lowest BCUT2D eigenvalue weighted by molar-refractivity contribution is -0.136. The van der Waals surface area contributed by atoms with Gasteiger partial charge in [0.15, 0.2) is 0 Å². The Bertz CT molecular complexity index is 435. The molecule has 1 N–H and O–H groups in total. The molecule has 1 saturated carbocycles. The van der Waals surface area contributed by atoms with Gasteiger partial charge in [-0.1, -0.05) is 24.6 Å². The summed E-state index contributed by atoms with van der Waals surface area (Å²) in [5.74, 6) is -0.140. The fraction of sp³-hybridized carbons (Fsp3) is 0.688. The fourth-order valence-electron chi connectivity index (χ4n) is 3.65. The van der Waals surface area contributed by atoms with Crippen LogP contribution in [0.5, 0.6) is 0 Å². The third-order valence-electron chi connectivity index (χ3n) is 5.14. The van der Waals surface area contributed by atoms with Crippen molar-refractivity contribution in [1.29, 1.82) is 0 Å². The van der Waals surface area contributed by atoms with E-state index in [0.717, 1.165) is 32.1 Å². The van der Waals surface area contributed by atoms with E-state index in [1.807, 2.05) is 0 Å². The van der Waals surface area contributed by atoms with Crippen LogP contribution in [0.1, 0.15) is 46.0 Å². The van der Waals surface area contributed by atoms with Crippen LogP contribution in [-0.2, 0) is 9.53 Å². The summed E-state index contributed by atoms with van der Waals surface area (Å²) in [6.07, 6.45) is 4.23. The molecule has 2 aliphatic rings. The number of hydrogen-bond acceptors (Lipinski definition) is 3. The number of carbonyl (C=O) groups is 1. The topological polar surface area (TPSA) is 46.5 Å². The summed E-state index contributed by atoms with van der Waals surface area (Å²) in [7, 11) is 1.40. The van der Waals surface area contributed by atoms with E-state index in [-0.39, 0.29) is 23.4 Å². The lowest BCUT2D eigenvalue weighted by atomic mass is 9.59. The molecular formula is C16H24O3. The third-order valence-corrected chi connectivity index (χ3v) is 5.14. The Morgan fingerprint density at radius 3 is 2.79 bits per heavy atom. The normalized spacial score (nSPS) is 34.7. The molecule has 0 aromatic heterocycles. The quantitative estimate of drug-likeness (QED) is 0.474. The highest BCUT2D eigenvalue weighted by Crippen LogP contribution is 2.52. The second-order valence-corrected chi connectivity index (χ2v) is 6.19.